The van der Waals surface area contributed by atoms with Crippen LogP contribution in [0.5, 0.6) is 0 Å². The summed E-state index contributed by atoms with van der Waals surface area (Å²) in [6.07, 6.45) is 6.40. The monoisotopic (exact) mass is 497 g/mol. The van der Waals surface area contributed by atoms with Crippen LogP contribution in [-0.4, -0.2) is 42.3 Å². The Bertz CT molecular complexity index is 1520. The van der Waals surface area contributed by atoms with E-state index in [9.17, 15) is 4.79 Å². The fourth-order valence-corrected chi connectivity index (χ4v) is 4.90. The number of pyridine rings is 1. The summed E-state index contributed by atoms with van der Waals surface area (Å²) in [5.41, 5.74) is 5.72. The number of anilines is 2. The zero-order chi connectivity index (χ0) is 26.3. The van der Waals surface area contributed by atoms with Crippen molar-refractivity contribution in [2.45, 2.75) is 59.0 Å². The molecule has 0 aliphatic carbocycles. The molecular formula is C29H35N7O. The minimum absolute atomic E-state index is 0.0662. The molecule has 3 aromatic heterocycles. The van der Waals surface area contributed by atoms with E-state index in [-0.39, 0.29) is 17.0 Å². The Balaban J connectivity index is 1.57. The molecule has 0 radical (unpaired) electrons. The highest BCUT2D eigenvalue weighted by Crippen LogP contribution is 2.27. The average molecular weight is 498 g/mol. The summed E-state index contributed by atoms with van der Waals surface area (Å²) in [5.74, 6) is 0.450. The Kier molecular flexibility index (Phi) is 6.45. The van der Waals surface area contributed by atoms with Crippen LogP contribution in [0.3, 0.4) is 0 Å². The number of nitrogens with zero attached hydrogens (tertiary/aromatic N) is 6. The number of aromatic nitrogens is 5. The maximum Gasteiger partial charge on any atom is 0.278 e. The highest BCUT2D eigenvalue weighted by Gasteiger charge is 2.22. The van der Waals surface area contributed by atoms with E-state index in [1.54, 1.807) is 17.1 Å². The summed E-state index contributed by atoms with van der Waals surface area (Å²) in [6, 6.07) is 10.3. The standard InChI is InChI=1S/C29H35N7O/c1-7-13-34-14-11-20-8-9-22(15-21(20)18-34)32-28-31-17-24-26(33-28)36(35(19(2)3)27(24)37)23-10-12-30-25(16-23)29(4,5)6/h7-10,12,15-17,19H,1,11,13-14,18H2,2-6H3,(H,31,32,33). The molecule has 5 rings (SSSR count). The van der Waals surface area contributed by atoms with Gasteiger partial charge in [0, 0.05) is 54.9 Å². The van der Waals surface area contributed by atoms with Crippen molar-refractivity contribution in [2.24, 2.45) is 0 Å². The first kappa shape index (κ1) is 24.9. The van der Waals surface area contributed by atoms with Gasteiger partial charge in [-0.05, 0) is 55.7 Å². The zero-order valence-corrected chi connectivity index (χ0v) is 22.3. The summed E-state index contributed by atoms with van der Waals surface area (Å²) >= 11 is 0. The molecule has 8 nitrogen and oxygen atoms in total. The lowest BCUT2D eigenvalue weighted by molar-refractivity contribution is 0.282. The van der Waals surface area contributed by atoms with Gasteiger partial charge in [-0.3, -0.25) is 14.7 Å². The number of benzene rings is 1. The van der Waals surface area contributed by atoms with Gasteiger partial charge in [-0.1, -0.05) is 32.9 Å². The van der Waals surface area contributed by atoms with E-state index in [1.807, 2.05) is 36.7 Å². The smallest absolute Gasteiger partial charge is 0.278 e. The molecule has 0 spiro atoms. The number of rotatable bonds is 6. The van der Waals surface area contributed by atoms with Gasteiger partial charge in [0.15, 0.2) is 5.65 Å². The normalized spacial score (nSPS) is 14.2. The van der Waals surface area contributed by atoms with Crippen LogP contribution < -0.4 is 10.9 Å². The van der Waals surface area contributed by atoms with Gasteiger partial charge in [0.2, 0.25) is 5.95 Å². The quantitative estimate of drug-likeness (QED) is 0.372. The van der Waals surface area contributed by atoms with E-state index >= 15 is 0 Å². The minimum atomic E-state index is -0.128. The van der Waals surface area contributed by atoms with Crippen molar-refractivity contribution in [3.05, 3.63) is 82.6 Å². The van der Waals surface area contributed by atoms with E-state index in [1.165, 1.54) is 11.1 Å². The second-order valence-electron chi connectivity index (χ2n) is 11.0. The van der Waals surface area contributed by atoms with E-state index in [0.29, 0.717) is 17.0 Å². The van der Waals surface area contributed by atoms with Gasteiger partial charge in [0.05, 0.1) is 5.69 Å². The summed E-state index contributed by atoms with van der Waals surface area (Å²) in [7, 11) is 0. The van der Waals surface area contributed by atoms with Crippen LogP contribution >= 0.6 is 0 Å². The first-order chi connectivity index (χ1) is 17.7. The Morgan fingerprint density at radius 3 is 2.68 bits per heavy atom. The van der Waals surface area contributed by atoms with Crippen LogP contribution in [0.4, 0.5) is 11.6 Å². The summed E-state index contributed by atoms with van der Waals surface area (Å²) in [4.78, 5) is 29.7. The lowest BCUT2D eigenvalue weighted by atomic mass is 9.91. The van der Waals surface area contributed by atoms with Crippen LogP contribution in [0.1, 0.15) is 57.5 Å². The van der Waals surface area contributed by atoms with Crippen molar-refractivity contribution in [3.63, 3.8) is 0 Å². The molecule has 1 aliphatic heterocycles. The fourth-order valence-electron chi connectivity index (χ4n) is 4.90. The van der Waals surface area contributed by atoms with Gasteiger partial charge in [0.25, 0.3) is 5.56 Å². The molecule has 0 atom stereocenters. The van der Waals surface area contributed by atoms with Gasteiger partial charge in [0.1, 0.15) is 5.39 Å². The first-order valence-corrected chi connectivity index (χ1v) is 12.8. The molecule has 1 aliphatic rings. The maximum absolute atomic E-state index is 13.4. The zero-order valence-electron chi connectivity index (χ0n) is 22.3. The molecule has 0 saturated carbocycles. The van der Waals surface area contributed by atoms with Crippen LogP contribution in [-0.2, 0) is 18.4 Å². The topological polar surface area (TPSA) is 80.9 Å². The molecular weight excluding hydrogens is 462 g/mol. The van der Waals surface area contributed by atoms with Gasteiger partial charge in [-0.15, -0.1) is 6.58 Å². The molecule has 37 heavy (non-hydrogen) atoms. The Morgan fingerprint density at radius 1 is 1.14 bits per heavy atom. The third-order valence-electron chi connectivity index (χ3n) is 6.81. The highest BCUT2D eigenvalue weighted by molar-refractivity contribution is 5.77. The molecule has 192 valence electrons. The van der Waals surface area contributed by atoms with Crippen LogP contribution in [0.25, 0.3) is 16.7 Å². The summed E-state index contributed by atoms with van der Waals surface area (Å²) < 4.78 is 3.63. The molecule has 1 aromatic carbocycles. The van der Waals surface area contributed by atoms with Gasteiger partial charge < -0.3 is 5.32 Å². The lowest BCUT2D eigenvalue weighted by Gasteiger charge is -2.28. The molecule has 0 bridgehead atoms. The second-order valence-corrected chi connectivity index (χ2v) is 11.0. The van der Waals surface area contributed by atoms with Gasteiger partial charge in [-0.2, -0.15) is 4.98 Å². The number of fused-ring (bicyclic) bond motifs is 2. The molecule has 4 aromatic rings. The van der Waals surface area contributed by atoms with E-state index in [0.717, 1.165) is 43.1 Å². The van der Waals surface area contributed by atoms with Crippen LogP contribution in [0, 0.1) is 0 Å². The molecule has 0 unspecified atom stereocenters. The van der Waals surface area contributed by atoms with Crippen molar-refractivity contribution in [3.8, 4) is 5.69 Å². The first-order valence-electron chi connectivity index (χ1n) is 12.8. The number of nitrogens with one attached hydrogen (secondary N) is 1. The predicted octanol–water partition coefficient (Wildman–Crippen LogP) is 5.14. The molecule has 0 saturated heterocycles. The highest BCUT2D eigenvalue weighted by atomic mass is 16.1. The Labute approximate surface area is 217 Å². The van der Waals surface area contributed by atoms with Crippen molar-refractivity contribution in [1.82, 2.24) is 29.2 Å². The molecule has 0 amide bonds. The average Bonchev–Trinajstić information content (AvgIpc) is 3.15. The minimum Gasteiger partial charge on any atom is -0.324 e. The summed E-state index contributed by atoms with van der Waals surface area (Å²) in [6.45, 7) is 17.1. The maximum atomic E-state index is 13.4. The van der Waals surface area contributed by atoms with Crippen molar-refractivity contribution < 1.29 is 0 Å². The fraction of sp³-hybridized carbons (Fsp3) is 0.379. The largest absolute Gasteiger partial charge is 0.324 e. The lowest BCUT2D eigenvalue weighted by Crippen LogP contribution is -2.30. The third kappa shape index (κ3) is 4.81. The van der Waals surface area contributed by atoms with E-state index < -0.39 is 0 Å². The Hall–Kier alpha value is -3.78. The number of hydrogen-bond acceptors (Lipinski definition) is 6. The van der Waals surface area contributed by atoms with E-state index in [2.05, 4.69) is 65.7 Å². The van der Waals surface area contributed by atoms with Crippen molar-refractivity contribution in [2.75, 3.05) is 18.4 Å². The van der Waals surface area contributed by atoms with E-state index in [4.69, 9.17) is 4.98 Å². The summed E-state index contributed by atoms with van der Waals surface area (Å²) in [5, 5.41) is 3.85. The Morgan fingerprint density at radius 2 is 1.95 bits per heavy atom. The molecule has 0 fully saturated rings. The number of hydrogen-bond donors (Lipinski definition) is 1. The predicted molar refractivity (Wildman–Crippen MR) is 149 cm³/mol. The van der Waals surface area contributed by atoms with Crippen LogP contribution in [0.2, 0.25) is 0 Å². The van der Waals surface area contributed by atoms with Crippen molar-refractivity contribution in [1.29, 1.82) is 0 Å². The van der Waals surface area contributed by atoms with Gasteiger partial charge in [-0.25, -0.2) is 14.3 Å². The molecule has 8 heteroatoms. The molecule has 1 N–H and O–H groups in total. The third-order valence-corrected chi connectivity index (χ3v) is 6.81. The SMILES string of the molecule is C=CCN1CCc2ccc(Nc3ncc4c(=O)n(C(C)C)n(-c5ccnc(C(C)(C)C)c5)c4n3)cc2C1. The van der Waals surface area contributed by atoms with Crippen LogP contribution in [0.15, 0.2) is 60.2 Å². The second kappa shape index (κ2) is 9.59. The van der Waals surface area contributed by atoms with Gasteiger partial charge >= 0.3 is 0 Å². The van der Waals surface area contributed by atoms with Crippen molar-refractivity contribution >= 4 is 22.7 Å². The molecule has 4 heterocycles.